The molecule has 18 heavy (non-hydrogen) atoms. The van der Waals surface area contributed by atoms with Crippen LogP contribution in [0.5, 0.6) is 0 Å². The topological polar surface area (TPSA) is 35.2 Å². The third kappa shape index (κ3) is 1.93. The van der Waals surface area contributed by atoms with E-state index < -0.39 is 0 Å². The molecule has 1 aromatic carbocycles. The van der Waals surface area contributed by atoms with Gasteiger partial charge in [0, 0.05) is 21.3 Å². The van der Waals surface area contributed by atoms with Crippen LogP contribution in [0.25, 0.3) is 0 Å². The van der Waals surface area contributed by atoms with Crippen molar-refractivity contribution in [1.29, 1.82) is 0 Å². The average Bonchev–Trinajstić information content (AvgIpc) is 2.75. The Morgan fingerprint density at radius 3 is 2.72 bits per heavy atom. The molecule has 94 valence electrons. The van der Waals surface area contributed by atoms with Crippen LogP contribution in [-0.2, 0) is 16.7 Å². The van der Waals surface area contributed by atoms with Crippen LogP contribution in [0.2, 0.25) is 0 Å². The Bertz CT molecular complexity index is 562. The zero-order valence-corrected chi connectivity index (χ0v) is 12.3. The lowest BCUT2D eigenvalue weighted by molar-refractivity contribution is -0.0362. The normalized spacial score (nSPS) is 17.4. The summed E-state index contributed by atoms with van der Waals surface area (Å²) in [5, 5.41) is 2.13. The summed E-state index contributed by atoms with van der Waals surface area (Å²) in [6.07, 6.45) is 0. The molecule has 1 saturated heterocycles. The minimum atomic E-state index is 0.0296. The van der Waals surface area contributed by atoms with Gasteiger partial charge in [-0.25, -0.2) is 0 Å². The van der Waals surface area contributed by atoms with E-state index >= 15 is 0 Å². The van der Waals surface area contributed by atoms with Gasteiger partial charge in [0.2, 0.25) is 0 Å². The summed E-state index contributed by atoms with van der Waals surface area (Å²) in [4.78, 5) is 1.36. The predicted octanol–water partition coefficient (Wildman–Crippen LogP) is 3.29. The number of rotatable bonds is 3. The molecule has 2 nitrogen and oxygen atoms in total. The predicted molar refractivity (Wildman–Crippen MR) is 78.0 cm³/mol. The molecule has 3 rings (SSSR count). The molecular weight excluding hydrogens is 310 g/mol. The first-order chi connectivity index (χ1) is 8.74. The Hall–Kier alpha value is -0.680. The lowest BCUT2D eigenvalue weighted by Gasteiger charge is -2.41. The van der Waals surface area contributed by atoms with Crippen molar-refractivity contribution in [2.24, 2.45) is 5.73 Å². The van der Waals surface area contributed by atoms with E-state index in [9.17, 15) is 0 Å². The van der Waals surface area contributed by atoms with E-state index in [1.165, 1.54) is 16.0 Å². The minimum absolute atomic E-state index is 0.0296. The van der Waals surface area contributed by atoms with E-state index in [0.29, 0.717) is 6.54 Å². The van der Waals surface area contributed by atoms with Gasteiger partial charge in [-0.3, -0.25) is 0 Å². The molecule has 1 aromatic heterocycles. The highest BCUT2D eigenvalue weighted by molar-refractivity contribution is 9.10. The van der Waals surface area contributed by atoms with Crippen LogP contribution in [0.3, 0.4) is 0 Å². The molecule has 0 aliphatic carbocycles. The Kier molecular flexibility index (Phi) is 3.28. The van der Waals surface area contributed by atoms with E-state index in [-0.39, 0.29) is 5.41 Å². The van der Waals surface area contributed by atoms with Crippen molar-refractivity contribution in [3.05, 3.63) is 56.2 Å². The van der Waals surface area contributed by atoms with Crippen LogP contribution in [0.1, 0.15) is 16.0 Å². The molecule has 4 heteroatoms. The van der Waals surface area contributed by atoms with E-state index in [0.717, 1.165) is 17.7 Å². The number of hydrogen-bond donors (Lipinski definition) is 1. The van der Waals surface area contributed by atoms with E-state index in [2.05, 4.69) is 51.6 Å². The standard InChI is InChI=1S/C14H14BrNOS/c15-12-5-13(18-7-12)14(8-17-9-14)11-3-1-2-10(4-11)6-16/h1-5,7H,6,8-9,16H2. The first-order valence-electron chi connectivity index (χ1n) is 5.86. The maximum Gasteiger partial charge on any atom is 0.0763 e. The smallest absolute Gasteiger partial charge is 0.0763 e. The second-order valence-corrected chi connectivity index (χ2v) is 6.44. The quantitative estimate of drug-likeness (QED) is 0.940. The number of halogens is 1. The molecule has 2 heterocycles. The highest BCUT2D eigenvalue weighted by Crippen LogP contribution is 2.43. The van der Waals surface area contributed by atoms with Crippen molar-refractivity contribution in [2.75, 3.05) is 13.2 Å². The molecule has 0 amide bonds. The number of hydrogen-bond acceptors (Lipinski definition) is 3. The Morgan fingerprint density at radius 1 is 1.33 bits per heavy atom. The van der Waals surface area contributed by atoms with Gasteiger partial charge in [0.05, 0.1) is 18.6 Å². The first kappa shape index (κ1) is 12.4. The van der Waals surface area contributed by atoms with Gasteiger partial charge in [-0.1, -0.05) is 24.3 Å². The fourth-order valence-electron chi connectivity index (χ4n) is 2.32. The van der Waals surface area contributed by atoms with Gasteiger partial charge >= 0.3 is 0 Å². The van der Waals surface area contributed by atoms with Crippen LogP contribution in [0.15, 0.2) is 40.2 Å². The highest BCUT2D eigenvalue weighted by Gasteiger charge is 2.43. The van der Waals surface area contributed by atoms with Crippen molar-refractivity contribution in [1.82, 2.24) is 0 Å². The van der Waals surface area contributed by atoms with Crippen molar-refractivity contribution < 1.29 is 4.74 Å². The first-order valence-corrected chi connectivity index (χ1v) is 7.54. The second-order valence-electron chi connectivity index (χ2n) is 4.61. The van der Waals surface area contributed by atoms with Crippen molar-refractivity contribution >= 4 is 27.3 Å². The summed E-state index contributed by atoms with van der Waals surface area (Å²) in [6, 6.07) is 10.7. The zero-order valence-electron chi connectivity index (χ0n) is 9.86. The monoisotopic (exact) mass is 323 g/mol. The lowest BCUT2D eigenvalue weighted by Crippen LogP contribution is -2.47. The highest BCUT2D eigenvalue weighted by atomic mass is 79.9. The molecule has 1 aliphatic heterocycles. The fraction of sp³-hybridized carbons (Fsp3) is 0.286. The maximum atomic E-state index is 5.73. The molecule has 0 unspecified atom stereocenters. The van der Waals surface area contributed by atoms with Crippen LogP contribution in [0.4, 0.5) is 0 Å². The summed E-state index contributed by atoms with van der Waals surface area (Å²) in [7, 11) is 0. The van der Waals surface area contributed by atoms with Gasteiger partial charge in [0.15, 0.2) is 0 Å². The summed E-state index contributed by atoms with van der Waals surface area (Å²) in [5.41, 5.74) is 8.24. The van der Waals surface area contributed by atoms with Crippen LogP contribution in [0, 0.1) is 0 Å². The van der Waals surface area contributed by atoms with Gasteiger partial charge in [0.25, 0.3) is 0 Å². The Morgan fingerprint density at radius 2 is 2.17 bits per heavy atom. The van der Waals surface area contributed by atoms with Gasteiger partial charge < -0.3 is 10.5 Å². The molecule has 0 bridgehead atoms. The molecule has 0 radical (unpaired) electrons. The van der Waals surface area contributed by atoms with E-state index in [1.54, 1.807) is 11.3 Å². The average molecular weight is 324 g/mol. The van der Waals surface area contributed by atoms with Crippen LogP contribution >= 0.6 is 27.3 Å². The van der Waals surface area contributed by atoms with E-state index in [1.807, 2.05) is 0 Å². The van der Waals surface area contributed by atoms with Crippen molar-refractivity contribution in [3.63, 3.8) is 0 Å². The zero-order chi connectivity index (χ0) is 12.6. The molecule has 1 aliphatic rings. The summed E-state index contributed by atoms with van der Waals surface area (Å²) in [6.45, 7) is 2.10. The fourth-order valence-corrected chi connectivity index (χ4v) is 3.94. The largest absolute Gasteiger partial charge is 0.379 e. The van der Waals surface area contributed by atoms with Gasteiger partial charge in [0.1, 0.15) is 0 Å². The minimum Gasteiger partial charge on any atom is -0.379 e. The molecule has 2 aromatic rings. The number of nitrogens with two attached hydrogens (primary N) is 1. The Labute approximate surface area is 119 Å². The molecule has 1 fully saturated rings. The maximum absolute atomic E-state index is 5.73. The number of thiophene rings is 1. The lowest BCUT2D eigenvalue weighted by atomic mass is 9.77. The third-order valence-electron chi connectivity index (χ3n) is 3.45. The molecule has 0 atom stereocenters. The summed E-state index contributed by atoms with van der Waals surface area (Å²) in [5.74, 6) is 0. The second kappa shape index (κ2) is 4.78. The molecular formula is C14H14BrNOS. The van der Waals surface area contributed by atoms with Crippen molar-refractivity contribution in [3.8, 4) is 0 Å². The van der Waals surface area contributed by atoms with Gasteiger partial charge in [-0.2, -0.15) is 0 Å². The number of ether oxygens (including phenoxy) is 1. The molecule has 2 N–H and O–H groups in total. The Balaban J connectivity index is 2.05. The third-order valence-corrected chi connectivity index (χ3v) is 5.35. The van der Waals surface area contributed by atoms with Crippen LogP contribution < -0.4 is 5.73 Å². The summed E-state index contributed by atoms with van der Waals surface area (Å²) < 4.78 is 6.63. The SMILES string of the molecule is NCc1cccc(C2(c3cc(Br)cs3)COC2)c1. The van der Waals surface area contributed by atoms with Crippen molar-refractivity contribution in [2.45, 2.75) is 12.0 Å². The summed E-state index contributed by atoms with van der Waals surface area (Å²) >= 11 is 5.31. The van der Waals surface area contributed by atoms with Crippen LogP contribution in [-0.4, -0.2) is 13.2 Å². The van der Waals surface area contributed by atoms with Gasteiger partial charge in [-0.15, -0.1) is 11.3 Å². The molecule has 0 saturated carbocycles. The van der Waals surface area contributed by atoms with Gasteiger partial charge in [-0.05, 0) is 33.1 Å². The number of benzene rings is 1. The molecule has 0 spiro atoms. The van der Waals surface area contributed by atoms with E-state index in [4.69, 9.17) is 10.5 Å².